The molecular weight excluding hydrogens is 224 g/mol. The third-order valence-electron chi connectivity index (χ3n) is 4.09. The molecule has 3 heteroatoms. The van der Waals surface area contributed by atoms with Crippen molar-refractivity contribution in [3.63, 3.8) is 0 Å². The second kappa shape index (κ2) is 4.01. The smallest absolute Gasteiger partial charge is 0.196 e. The summed E-state index contributed by atoms with van der Waals surface area (Å²) in [4.78, 5) is 4.47. The molecule has 1 aliphatic heterocycles. The fourth-order valence-corrected chi connectivity index (χ4v) is 2.87. The molecule has 2 aliphatic carbocycles. The molecule has 1 unspecified atom stereocenters. The first-order valence-electron chi connectivity index (χ1n) is 7.01. The highest BCUT2D eigenvalue weighted by atomic mass is 16.5. The Labute approximate surface area is 107 Å². The Bertz CT molecular complexity index is 487. The van der Waals surface area contributed by atoms with E-state index in [2.05, 4.69) is 22.4 Å². The third kappa shape index (κ3) is 1.78. The minimum atomic E-state index is 0.0219. The molecule has 1 saturated carbocycles. The number of allylic oxidation sites excluding steroid dienone is 2. The minimum absolute atomic E-state index is 0.0219. The maximum atomic E-state index is 6.05. The molecule has 1 aromatic heterocycles. The van der Waals surface area contributed by atoms with Gasteiger partial charge < -0.3 is 10.1 Å². The zero-order valence-electron chi connectivity index (χ0n) is 10.5. The maximum absolute atomic E-state index is 6.05. The van der Waals surface area contributed by atoms with Crippen molar-refractivity contribution in [3.8, 4) is 0 Å². The van der Waals surface area contributed by atoms with E-state index in [1.165, 1.54) is 48.4 Å². The van der Waals surface area contributed by atoms with Gasteiger partial charge in [-0.2, -0.15) is 0 Å². The van der Waals surface area contributed by atoms with Crippen molar-refractivity contribution in [2.24, 2.45) is 0 Å². The van der Waals surface area contributed by atoms with E-state index in [4.69, 9.17) is 4.74 Å². The molecule has 0 aromatic carbocycles. The van der Waals surface area contributed by atoms with Gasteiger partial charge in [0, 0.05) is 29.8 Å². The number of ether oxygens (including phenoxy) is 1. The van der Waals surface area contributed by atoms with Gasteiger partial charge in [0.2, 0.25) is 0 Å². The number of nitrogens with one attached hydrogen (secondary N) is 1. The molecule has 4 rings (SSSR count). The summed E-state index contributed by atoms with van der Waals surface area (Å²) in [5.41, 5.74) is 3.79. The molecule has 1 atom stereocenters. The lowest BCUT2D eigenvalue weighted by molar-refractivity contribution is 0.122. The second-order valence-electron chi connectivity index (χ2n) is 5.54. The molecule has 0 amide bonds. The van der Waals surface area contributed by atoms with Crippen LogP contribution in [0.15, 0.2) is 29.8 Å². The topological polar surface area (TPSA) is 34.1 Å². The summed E-state index contributed by atoms with van der Waals surface area (Å²) >= 11 is 0. The fourth-order valence-electron chi connectivity index (χ4n) is 2.87. The van der Waals surface area contributed by atoms with Gasteiger partial charge in [-0.05, 0) is 44.2 Å². The van der Waals surface area contributed by atoms with Crippen LogP contribution >= 0.6 is 0 Å². The van der Waals surface area contributed by atoms with Gasteiger partial charge >= 0.3 is 0 Å². The largest absolute Gasteiger partial charge is 0.469 e. The molecule has 0 radical (unpaired) electrons. The van der Waals surface area contributed by atoms with E-state index < -0.39 is 0 Å². The van der Waals surface area contributed by atoms with Crippen molar-refractivity contribution in [3.05, 3.63) is 41.0 Å². The van der Waals surface area contributed by atoms with Crippen LogP contribution < -0.4 is 5.32 Å². The first kappa shape index (κ1) is 10.4. The van der Waals surface area contributed by atoms with Crippen LogP contribution in [-0.4, -0.2) is 4.98 Å². The number of aromatic nitrogens is 1. The molecule has 1 fully saturated rings. The quantitative estimate of drug-likeness (QED) is 0.863. The van der Waals surface area contributed by atoms with Gasteiger partial charge in [-0.25, -0.2) is 0 Å². The summed E-state index contributed by atoms with van der Waals surface area (Å²) in [7, 11) is 0. The maximum Gasteiger partial charge on any atom is 0.196 e. The molecule has 3 aliphatic rings. The number of rotatable bonds is 2. The minimum Gasteiger partial charge on any atom is -0.469 e. The summed E-state index contributed by atoms with van der Waals surface area (Å²) in [6, 6.07) is 4.29. The summed E-state index contributed by atoms with van der Waals surface area (Å²) in [5.74, 6) is 1.89. The zero-order chi connectivity index (χ0) is 11.9. The summed E-state index contributed by atoms with van der Waals surface area (Å²) < 4.78 is 6.05. The van der Waals surface area contributed by atoms with Crippen LogP contribution in [0.25, 0.3) is 0 Å². The van der Waals surface area contributed by atoms with Crippen LogP contribution in [0.5, 0.6) is 0 Å². The molecule has 2 heterocycles. The van der Waals surface area contributed by atoms with E-state index in [0.29, 0.717) is 5.92 Å². The molecular formula is C15H18N2O. The number of hydrogen-bond acceptors (Lipinski definition) is 3. The van der Waals surface area contributed by atoms with Crippen LogP contribution in [0.2, 0.25) is 0 Å². The molecule has 94 valence electrons. The van der Waals surface area contributed by atoms with E-state index in [0.717, 1.165) is 12.8 Å². The van der Waals surface area contributed by atoms with Gasteiger partial charge in [0.1, 0.15) is 5.76 Å². The lowest BCUT2D eigenvalue weighted by atomic mass is 10.0. The average molecular weight is 242 g/mol. The summed E-state index contributed by atoms with van der Waals surface area (Å²) in [5, 5.41) is 3.53. The van der Waals surface area contributed by atoms with E-state index in [1.54, 1.807) is 0 Å². The summed E-state index contributed by atoms with van der Waals surface area (Å²) in [6.07, 6.45) is 9.32. The van der Waals surface area contributed by atoms with Crippen molar-refractivity contribution in [2.45, 2.75) is 50.7 Å². The van der Waals surface area contributed by atoms with E-state index in [9.17, 15) is 0 Å². The van der Waals surface area contributed by atoms with Crippen LogP contribution in [-0.2, 0) is 4.74 Å². The molecule has 0 bridgehead atoms. The molecule has 0 saturated heterocycles. The van der Waals surface area contributed by atoms with Crippen molar-refractivity contribution in [1.29, 1.82) is 0 Å². The van der Waals surface area contributed by atoms with Gasteiger partial charge in [0.25, 0.3) is 0 Å². The Morgan fingerprint density at radius 3 is 2.94 bits per heavy atom. The first-order valence-corrected chi connectivity index (χ1v) is 7.01. The van der Waals surface area contributed by atoms with Crippen LogP contribution in [0.4, 0.5) is 0 Å². The molecule has 1 N–H and O–H groups in total. The predicted octanol–water partition coefficient (Wildman–Crippen LogP) is 3.36. The van der Waals surface area contributed by atoms with Crippen LogP contribution in [0.1, 0.15) is 61.9 Å². The zero-order valence-corrected chi connectivity index (χ0v) is 10.5. The van der Waals surface area contributed by atoms with E-state index >= 15 is 0 Å². The SMILES string of the molecule is c1cc(C2NC3=C(CCCC3)O2)cc(C2CC2)n1. The van der Waals surface area contributed by atoms with Gasteiger partial charge in [0.15, 0.2) is 6.23 Å². The van der Waals surface area contributed by atoms with Crippen molar-refractivity contribution >= 4 is 0 Å². The monoisotopic (exact) mass is 242 g/mol. The summed E-state index contributed by atoms with van der Waals surface area (Å²) in [6.45, 7) is 0. The Morgan fingerprint density at radius 1 is 1.22 bits per heavy atom. The van der Waals surface area contributed by atoms with Crippen LogP contribution in [0, 0.1) is 0 Å². The highest BCUT2D eigenvalue weighted by Crippen LogP contribution is 2.40. The van der Waals surface area contributed by atoms with E-state index in [1.807, 2.05) is 6.20 Å². The molecule has 0 spiro atoms. The van der Waals surface area contributed by atoms with Gasteiger partial charge in [-0.3, -0.25) is 4.98 Å². The molecule has 1 aromatic rings. The Balaban J connectivity index is 1.56. The number of pyridine rings is 1. The van der Waals surface area contributed by atoms with Gasteiger partial charge in [0.05, 0.1) is 5.70 Å². The second-order valence-corrected chi connectivity index (χ2v) is 5.54. The molecule has 3 nitrogen and oxygen atoms in total. The third-order valence-corrected chi connectivity index (χ3v) is 4.09. The Hall–Kier alpha value is -1.51. The first-order chi connectivity index (χ1) is 8.90. The average Bonchev–Trinajstić information content (AvgIpc) is 3.18. The standard InChI is InChI=1S/C15H18N2O/c1-2-4-14-12(3-1)17-15(18-14)11-7-8-16-13(9-11)10-5-6-10/h7-10,15,17H,1-6H2. The van der Waals surface area contributed by atoms with Gasteiger partial charge in [-0.1, -0.05) is 0 Å². The number of nitrogens with zero attached hydrogens (tertiary/aromatic N) is 1. The van der Waals surface area contributed by atoms with Crippen molar-refractivity contribution in [1.82, 2.24) is 10.3 Å². The van der Waals surface area contributed by atoms with E-state index in [-0.39, 0.29) is 6.23 Å². The highest BCUT2D eigenvalue weighted by molar-refractivity contribution is 5.27. The predicted molar refractivity (Wildman–Crippen MR) is 68.7 cm³/mol. The van der Waals surface area contributed by atoms with Crippen LogP contribution in [0.3, 0.4) is 0 Å². The molecule has 18 heavy (non-hydrogen) atoms. The van der Waals surface area contributed by atoms with Crippen molar-refractivity contribution < 1.29 is 4.74 Å². The number of hydrogen-bond donors (Lipinski definition) is 1. The van der Waals surface area contributed by atoms with Gasteiger partial charge in [-0.15, -0.1) is 0 Å². The lowest BCUT2D eigenvalue weighted by Crippen LogP contribution is -2.16. The normalized spacial score (nSPS) is 26.6. The highest BCUT2D eigenvalue weighted by Gasteiger charge is 2.30. The fraction of sp³-hybridized carbons (Fsp3) is 0.533. The Morgan fingerprint density at radius 2 is 2.11 bits per heavy atom. The Kier molecular flexibility index (Phi) is 2.32. The lowest BCUT2D eigenvalue weighted by Gasteiger charge is -2.14. The van der Waals surface area contributed by atoms with Crippen molar-refractivity contribution in [2.75, 3.05) is 0 Å².